The molecule has 1 aliphatic heterocycles. The topological polar surface area (TPSA) is 63.4 Å². The van der Waals surface area contributed by atoms with Crippen LogP contribution in [0.5, 0.6) is 0 Å². The Kier molecular flexibility index (Phi) is 5.59. The van der Waals surface area contributed by atoms with Crippen molar-refractivity contribution in [2.75, 3.05) is 13.1 Å². The largest absolute Gasteiger partial charge is 0.342 e. The van der Waals surface area contributed by atoms with E-state index in [-0.39, 0.29) is 29.6 Å². The Bertz CT molecular complexity index is 534. The summed E-state index contributed by atoms with van der Waals surface area (Å²) in [5, 5.41) is 0.627. The van der Waals surface area contributed by atoms with Crippen LogP contribution in [-0.4, -0.2) is 35.7 Å². The summed E-state index contributed by atoms with van der Waals surface area (Å²) in [6.07, 6.45) is 1.41. The number of amides is 1. The molecule has 0 spiro atoms. The molecule has 1 aromatic carbocycles. The van der Waals surface area contributed by atoms with Crippen LogP contribution in [0.2, 0.25) is 5.02 Å². The molecule has 1 saturated heterocycles. The highest BCUT2D eigenvalue weighted by molar-refractivity contribution is 6.30. The Morgan fingerprint density at radius 2 is 1.73 bits per heavy atom. The van der Waals surface area contributed by atoms with Gasteiger partial charge in [-0.15, -0.1) is 0 Å². The first-order valence-corrected chi connectivity index (χ1v) is 8.12. The third-order valence-electron chi connectivity index (χ3n) is 4.48. The Morgan fingerprint density at radius 1 is 1.18 bits per heavy atom. The number of carbonyl (C=O) groups excluding carboxylic acids is 2. The number of hydrogen-bond acceptors (Lipinski definition) is 3. The first-order chi connectivity index (χ1) is 10.4. The van der Waals surface area contributed by atoms with E-state index >= 15 is 0 Å². The number of piperidine rings is 1. The summed E-state index contributed by atoms with van der Waals surface area (Å²) in [4.78, 5) is 26.6. The average Bonchev–Trinajstić information content (AvgIpc) is 2.53. The lowest BCUT2D eigenvalue weighted by Gasteiger charge is -2.33. The first-order valence-electron chi connectivity index (χ1n) is 7.74. The molecule has 0 aliphatic carbocycles. The zero-order valence-corrected chi connectivity index (χ0v) is 13.8. The second kappa shape index (κ2) is 7.25. The van der Waals surface area contributed by atoms with Crippen molar-refractivity contribution >= 4 is 23.3 Å². The van der Waals surface area contributed by atoms with Gasteiger partial charge in [-0.1, -0.05) is 18.5 Å². The molecule has 5 heteroatoms. The molecule has 1 aromatic rings. The van der Waals surface area contributed by atoms with Gasteiger partial charge in [-0.25, -0.2) is 0 Å². The number of Topliss-reactive ketones (excluding diaryl/α,β-unsaturated/α-hetero) is 1. The van der Waals surface area contributed by atoms with Crippen molar-refractivity contribution < 1.29 is 9.59 Å². The van der Waals surface area contributed by atoms with Gasteiger partial charge in [0.05, 0.1) is 5.92 Å². The van der Waals surface area contributed by atoms with Gasteiger partial charge in [0.15, 0.2) is 5.78 Å². The SMILES string of the molecule is CC(N)C(C)C(=O)N1CCC(C(=O)c2ccc(Cl)cc2)CC1. The normalized spacial score (nSPS) is 18.8. The fourth-order valence-electron chi connectivity index (χ4n) is 2.72. The Balaban J connectivity index is 1.93. The van der Waals surface area contributed by atoms with Crippen molar-refractivity contribution in [3.05, 3.63) is 34.9 Å². The molecule has 22 heavy (non-hydrogen) atoms. The number of benzene rings is 1. The lowest BCUT2D eigenvalue weighted by molar-refractivity contribution is -0.136. The molecule has 0 saturated carbocycles. The summed E-state index contributed by atoms with van der Waals surface area (Å²) in [5.74, 6) is 0.0377. The summed E-state index contributed by atoms with van der Waals surface area (Å²) < 4.78 is 0. The van der Waals surface area contributed by atoms with Crippen LogP contribution in [-0.2, 0) is 4.79 Å². The Labute approximate surface area is 136 Å². The summed E-state index contributed by atoms with van der Waals surface area (Å²) in [6, 6.07) is 6.84. The highest BCUT2D eigenvalue weighted by Crippen LogP contribution is 2.24. The fourth-order valence-corrected chi connectivity index (χ4v) is 2.85. The summed E-state index contributed by atoms with van der Waals surface area (Å²) in [6.45, 7) is 4.96. The molecule has 2 atom stereocenters. The molecule has 1 aliphatic rings. The van der Waals surface area contributed by atoms with Crippen LogP contribution in [0.1, 0.15) is 37.0 Å². The lowest BCUT2D eigenvalue weighted by Crippen LogP contribution is -2.46. The molecule has 0 bridgehead atoms. The second-order valence-corrected chi connectivity index (χ2v) is 6.55. The van der Waals surface area contributed by atoms with Gasteiger partial charge in [0, 0.05) is 35.6 Å². The number of likely N-dealkylation sites (tertiary alicyclic amines) is 1. The molecule has 1 amide bonds. The zero-order chi connectivity index (χ0) is 16.3. The average molecular weight is 323 g/mol. The summed E-state index contributed by atoms with van der Waals surface area (Å²) in [5.41, 5.74) is 6.49. The van der Waals surface area contributed by atoms with Crippen molar-refractivity contribution in [3.63, 3.8) is 0 Å². The van der Waals surface area contributed by atoms with Gasteiger partial charge in [0.1, 0.15) is 0 Å². The van der Waals surface area contributed by atoms with E-state index in [0.29, 0.717) is 36.5 Å². The maximum atomic E-state index is 12.5. The summed E-state index contributed by atoms with van der Waals surface area (Å²) in [7, 11) is 0. The van der Waals surface area contributed by atoms with Gasteiger partial charge in [0.2, 0.25) is 5.91 Å². The minimum absolute atomic E-state index is 0.0177. The van der Waals surface area contributed by atoms with Crippen molar-refractivity contribution in [1.82, 2.24) is 4.90 Å². The van der Waals surface area contributed by atoms with Crippen molar-refractivity contribution in [1.29, 1.82) is 0 Å². The molecule has 1 heterocycles. The number of carbonyl (C=O) groups is 2. The molecule has 120 valence electrons. The number of ketones is 1. The molecule has 2 N–H and O–H groups in total. The minimum Gasteiger partial charge on any atom is -0.342 e. The number of nitrogens with zero attached hydrogens (tertiary/aromatic N) is 1. The number of halogens is 1. The monoisotopic (exact) mass is 322 g/mol. The smallest absolute Gasteiger partial charge is 0.226 e. The summed E-state index contributed by atoms with van der Waals surface area (Å²) >= 11 is 5.85. The molecular weight excluding hydrogens is 300 g/mol. The van der Waals surface area contributed by atoms with Crippen molar-refractivity contribution in [2.45, 2.75) is 32.7 Å². The maximum absolute atomic E-state index is 12.5. The van der Waals surface area contributed by atoms with Gasteiger partial charge >= 0.3 is 0 Å². The minimum atomic E-state index is -0.177. The zero-order valence-electron chi connectivity index (χ0n) is 13.1. The van der Waals surface area contributed by atoms with E-state index in [1.54, 1.807) is 24.3 Å². The standard InChI is InChI=1S/C17H23ClN2O2/c1-11(12(2)19)17(22)20-9-7-14(8-10-20)16(21)13-3-5-15(18)6-4-13/h3-6,11-12,14H,7-10,19H2,1-2H3. The van der Waals surface area contributed by atoms with Gasteiger partial charge in [-0.2, -0.15) is 0 Å². The van der Waals surface area contributed by atoms with Crippen molar-refractivity contribution in [2.24, 2.45) is 17.6 Å². The van der Waals surface area contributed by atoms with E-state index in [0.717, 1.165) is 0 Å². The highest BCUT2D eigenvalue weighted by Gasteiger charge is 2.30. The molecule has 2 rings (SSSR count). The molecular formula is C17H23ClN2O2. The van der Waals surface area contributed by atoms with E-state index in [1.807, 2.05) is 18.7 Å². The Hall–Kier alpha value is -1.39. The predicted octanol–water partition coefficient (Wildman–Crippen LogP) is 2.74. The molecule has 0 radical (unpaired) electrons. The quantitative estimate of drug-likeness (QED) is 0.867. The van der Waals surface area contributed by atoms with Crippen LogP contribution in [0, 0.1) is 11.8 Å². The van der Waals surface area contributed by atoms with Crippen LogP contribution in [0.4, 0.5) is 0 Å². The highest BCUT2D eigenvalue weighted by atomic mass is 35.5. The maximum Gasteiger partial charge on any atom is 0.226 e. The van der Waals surface area contributed by atoms with Crippen LogP contribution < -0.4 is 5.73 Å². The first kappa shape index (κ1) is 17.0. The fraction of sp³-hybridized carbons (Fsp3) is 0.529. The third kappa shape index (κ3) is 3.87. The predicted molar refractivity (Wildman–Crippen MR) is 87.9 cm³/mol. The molecule has 1 fully saturated rings. The van der Waals surface area contributed by atoms with Gasteiger partial charge in [-0.3, -0.25) is 9.59 Å². The van der Waals surface area contributed by atoms with Gasteiger partial charge < -0.3 is 10.6 Å². The van der Waals surface area contributed by atoms with E-state index in [9.17, 15) is 9.59 Å². The number of hydrogen-bond donors (Lipinski definition) is 1. The van der Waals surface area contributed by atoms with E-state index in [2.05, 4.69) is 0 Å². The van der Waals surface area contributed by atoms with E-state index in [1.165, 1.54) is 0 Å². The van der Waals surface area contributed by atoms with E-state index in [4.69, 9.17) is 17.3 Å². The third-order valence-corrected chi connectivity index (χ3v) is 4.74. The van der Waals surface area contributed by atoms with Crippen molar-refractivity contribution in [3.8, 4) is 0 Å². The lowest BCUT2D eigenvalue weighted by atomic mass is 9.88. The Morgan fingerprint density at radius 3 is 2.23 bits per heavy atom. The van der Waals surface area contributed by atoms with Crippen LogP contribution in [0.3, 0.4) is 0 Å². The van der Waals surface area contributed by atoms with Crippen LogP contribution in [0.25, 0.3) is 0 Å². The van der Waals surface area contributed by atoms with Crippen LogP contribution >= 0.6 is 11.6 Å². The molecule has 4 nitrogen and oxygen atoms in total. The van der Waals surface area contributed by atoms with Crippen LogP contribution in [0.15, 0.2) is 24.3 Å². The van der Waals surface area contributed by atoms with E-state index < -0.39 is 0 Å². The number of rotatable bonds is 4. The molecule has 0 aromatic heterocycles. The molecule has 2 unspecified atom stereocenters. The second-order valence-electron chi connectivity index (χ2n) is 6.12. The van der Waals surface area contributed by atoms with Gasteiger partial charge in [0.25, 0.3) is 0 Å². The van der Waals surface area contributed by atoms with Gasteiger partial charge in [-0.05, 0) is 44.0 Å². The number of nitrogens with two attached hydrogens (primary N) is 1.